The maximum atomic E-state index is 11.9. The zero-order valence-electron chi connectivity index (χ0n) is 20.3. The first-order valence-electron chi connectivity index (χ1n) is 12.8. The Morgan fingerprint density at radius 1 is 0.906 bits per heavy atom. The molecule has 0 aliphatic carbocycles. The summed E-state index contributed by atoms with van der Waals surface area (Å²) in [5.74, 6) is 0.150. The molecule has 8 heteroatoms. The molecule has 8 nitrogen and oxygen atoms in total. The summed E-state index contributed by atoms with van der Waals surface area (Å²) in [4.78, 5) is 36.1. The Kier molecular flexibility index (Phi) is 17.7. The van der Waals surface area contributed by atoms with E-state index in [1.165, 1.54) is 58.2 Å². The molecular formula is C24H47N5O3. The molecule has 1 saturated heterocycles. The predicted octanol–water partition coefficient (Wildman–Crippen LogP) is 2.58. The summed E-state index contributed by atoms with van der Waals surface area (Å²) in [5, 5.41) is 11.6. The summed E-state index contributed by atoms with van der Waals surface area (Å²) < 4.78 is 0. The molecule has 0 radical (unpaired) electrons. The van der Waals surface area contributed by atoms with Gasteiger partial charge in [0, 0.05) is 45.2 Å². The van der Waals surface area contributed by atoms with Crippen molar-refractivity contribution in [2.24, 2.45) is 0 Å². The molecule has 0 aromatic carbocycles. The Bertz CT molecular complexity index is 498. The van der Waals surface area contributed by atoms with E-state index < -0.39 is 0 Å². The van der Waals surface area contributed by atoms with E-state index in [2.05, 4.69) is 26.2 Å². The van der Waals surface area contributed by atoms with Gasteiger partial charge in [0.15, 0.2) is 0 Å². The summed E-state index contributed by atoms with van der Waals surface area (Å²) in [7, 11) is 0. The van der Waals surface area contributed by atoms with E-state index in [9.17, 15) is 14.4 Å². The average molecular weight is 454 g/mol. The first kappa shape index (κ1) is 28.4. The van der Waals surface area contributed by atoms with Crippen LogP contribution in [0.2, 0.25) is 0 Å². The molecular weight excluding hydrogens is 406 g/mol. The molecule has 1 unspecified atom stereocenters. The molecule has 4 N–H and O–H groups in total. The standard InChI is InChI=1S/C24H47N5O3/c1-22(28-24(32)27-17-21-30)12-9-10-14-26-23(31)13-8-6-4-2-3-5-7-11-18-29-19-15-25-16-20-29/h21-22,25H,2-20H2,1H3,(H,26,31)(H2,27,28,32). The van der Waals surface area contributed by atoms with Crippen molar-refractivity contribution in [2.45, 2.75) is 90.0 Å². The van der Waals surface area contributed by atoms with Crippen molar-refractivity contribution < 1.29 is 14.4 Å². The van der Waals surface area contributed by atoms with Crippen LogP contribution in [0.5, 0.6) is 0 Å². The van der Waals surface area contributed by atoms with Crippen molar-refractivity contribution in [3.8, 4) is 0 Å². The minimum atomic E-state index is -0.316. The number of aldehydes is 1. The largest absolute Gasteiger partial charge is 0.356 e. The van der Waals surface area contributed by atoms with Crippen LogP contribution in [-0.2, 0) is 9.59 Å². The van der Waals surface area contributed by atoms with Gasteiger partial charge in [0.25, 0.3) is 0 Å². The van der Waals surface area contributed by atoms with E-state index in [4.69, 9.17) is 0 Å². The van der Waals surface area contributed by atoms with Crippen molar-refractivity contribution in [3.05, 3.63) is 0 Å². The zero-order valence-corrected chi connectivity index (χ0v) is 20.3. The van der Waals surface area contributed by atoms with Crippen LogP contribution in [0, 0.1) is 0 Å². The number of hydrogen-bond acceptors (Lipinski definition) is 5. The van der Waals surface area contributed by atoms with Crippen LogP contribution in [-0.4, -0.2) is 75.0 Å². The number of amides is 3. The lowest BCUT2D eigenvalue weighted by atomic mass is 10.1. The second-order valence-electron chi connectivity index (χ2n) is 8.94. The third-order valence-corrected chi connectivity index (χ3v) is 5.95. The van der Waals surface area contributed by atoms with Gasteiger partial charge in [0.1, 0.15) is 6.29 Å². The van der Waals surface area contributed by atoms with E-state index in [0.717, 1.165) is 45.2 Å². The zero-order chi connectivity index (χ0) is 23.3. The van der Waals surface area contributed by atoms with Gasteiger partial charge in [-0.25, -0.2) is 4.79 Å². The Balaban J connectivity index is 1.80. The van der Waals surface area contributed by atoms with Gasteiger partial charge in [-0.2, -0.15) is 0 Å². The summed E-state index contributed by atoms with van der Waals surface area (Å²) in [6.07, 6.45) is 13.9. The molecule has 32 heavy (non-hydrogen) atoms. The highest BCUT2D eigenvalue weighted by Crippen LogP contribution is 2.10. The lowest BCUT2D eigenvalue weighted by molar-refractivity contribution is -0.121. The predicted molar refractivity (Wildman–Crippen MR) is 130 cm³/mol. The van der Waals surface area contributed by atoms with E-state index in [0.29, 0.717) is 19.3 Å². The van der Waals surface area contributed by atoms with E-state index in [1.54, 1.807) is 0 Å². The molecule has 1 fully saturated rings. The number of piperazine rings is 1. The van der Waals surface area contributed by atoms with Crippen molar-refractivity contribution in [1.82, 2.24) is 26.2 Å². The van der Waals surface area contributed by atoms with Crippen LogP contribution >= 0.6 is 0 Å². The molecule has 3 amide bonds. The van der Waals surface area contributed by atoms with Crippen molar-refractivity contribution in [1.29, 1.82) is 0 Å². The van der Waals surface area contributed by atoms with Crippen LogP contribution in [0.3, 0.4) is 0 Å². The lowest BCUT2D eigenvalue weighted by Crippen LogP contribution is -2.43. The second-order valence-corrected chi connectivity index (χ2v) is 8.94. The van der Waals surface area contributed by atoms with Gasteiger partial charge in [0.2, 0.25) is 5.91 Å². The van der Waals surface area contributed by atoms with E-state index in [-0.39, 0.29) is 24.5 Å². The average Bonchev–Trinajstić information content (AvgIpc) is 2.79. The minimum absolute atomic E-state index is 0.0297. The molecule has 0 aromatic heterocycles. The molecule has 0 spiro atoms. The topological polar surface area (TPSA) is 103 Å². The number of carbonyl (C=O) groups excluding carboxylic acids is 3. The molecule has 1 rings (SSSR count). The number of rotatable bonds is 19. The van der Waals surface area contributed by atoms with Gasteiger partial charge in [-0.15, -0.1) is 0 Å². The second kappa shape index (κ2) is 20.0. The van der Waals surface area contributed by atoms with Gasteiger partial charge in [-0.1, -0.05) is 38.5 Å². The van der Waals surface area contributed by atoms with Crippen molar-refractivity contribution >= 4 is 18.2 Å². The molecule has 0 aromatic rings. The molecule has 1 atom stereocenters. The number of unbranched alkanes of at least 4 members (excludes halogenated alkanes) is 8. The highest BCUT2D eigenvalue weighted by molar-refractivity contribution is 5.76. The molecule has 1 aliphatic rings. The number of urea groups is 1. The number of carbonyl (C=O) groups is 3. The van der Waals surface area contributed by atoms with Crippen LogP contribution < -0.4 is 21.3 Å². The van der Waals surface area contributed by atoms with Gasteiger partial charge < -0.3 is 31.0 Å². The summed E-state index contributed by atoms with van der Waals surface area (Å²) in [6.45, 7) is 8.60. The fourth-order valence-electron chi connectivity index (χ4n) is 3.99. The molecule has 0 bridgehead atoms. The summed E-state index contributed by atoms with van der Waals surface area (Å²) in [5.41, 5.74) is 0. The highest BCUT2D eigenvalue weighted by atomic mass is 16.2. The monoisotopic (exact) mass is 453 g/mol. The molecule has 186 valence electrons. The maximum Gasteiger partial charge on any atom is 0.315 e. The van der Waals surface area contributed by atoms with E-state index >= 15 is 0 Å². The summed E-state index contributed by atoms with van der Waals surface area (Å²) in [6, 6.07) is -0.270. The minimum Gasteiger partial charge on any atom is -0.356 e. The normalized spacial score (nSPS) is 15.2. The molecule has 1 aliphatic heterocycles. The Labute approximate surface area is 195 Å². The van der Waals surface area contributed by atoms with E-state index in [1.807, 2.05) is 6.92 Å². The SMILES string of the molecule is CC(CCCCNC(=O)CCCCCCCCCCN1CCNCC1)NC(=O)NCC=O. The van der Waals surface area contributed by atoms with Gasteiger partial charge >= 0.3 is 6.03 Å². The highest BCUT2D eigenvalue weighted by Gasteiger charge is 2.08. The number of nitrogens with one attached hydrogen (secondary N) is 4. The van der Waals surface area contributed by atoms with Crippen LogP contribution in [0.15, 0.2) is 0 Å². The fourth-order valence-corrected chi connectivity index (χ4v) is 3.99. The maximum absolute atomic E-state index is 11.9. The number of hydrogen-bond donors (Lipinski definition) is 4. The van der Waals surface area contributed by atoms with Crippen molar-refractivity contribution in [3.63, 3.8) is 0 Å². The Morgan fingerprint density at radius 2 is 1.56 bits per heavy atom. The molecule has 0 saturated carbocycles. The smallest absolute Gasteiger partial charge is 0.315 e. The quantitative estimate of drug-likeness (QED) is 0.178. The lowest BCUT2D eigenvalue weighted by Gasteiger charge is -2.27. The first-order chi connectivity index (χ1) is 15.6. The Morgan fingerprint density at radius 3 is 2.25 bits per heavy atom. The first-order valence-corrected chi connectivity index (χ1v) is 12.8. The fraction of sp³-hybridized carbons (Fsp3) is 0.875. The number of nitrogens with zero attached hydrogens (tertiary/aromatic N) is 1. The van der Waals surface area contributed by atoms with Crippen LogP contribution in [0.25, 0.3) is 0 Å². The van der Waals surface area contributed by atoms with Crippen molar-refractivity contribution in [2.75, 3.05) is 45.8 Å². The van der Waals surface area contributed by atoms with Gasteiger partial charge in [0.05, 0.1) is 6.54 Å². The third kappa shape index (κ3) is 17.0. The van der Waals surface area contributed by atoms with Crippen LogP contribution in [0.4, 0.5) is 4.79 Å². The van der Waals surface area contributed by atoms with Gasteiger partial charge in [-0.3, -0.25) is 4.79 Å². The molecule has 1 heterocycles. The summed E-state index contributed by atoms with van der Waals surface area (Å²) >= 11 is 0. The van der Waals surface area contributed by atoms with Gasteiger partial charge in [-0.05, 0) is 45.6 Å². The van der Waals surface area contributed by atoms with Crippen LogP contribution in [0.1, 0.15) is 84.0 Å². The Hall–Kier alpha value is -1.67. The third-order valence-electron chi connectivity index (χ3n) is 5.95.